The van der Waals surface area contributed by atoms with Crippen LogP contribution in [0.3, 0.4) is 0 Å². The number of nitrogens with one attached hydrogen (secondary N) is 1. The summed E-state index contributed by atoms with van der Waals surface area (Å²) in [7, 11) is -0.932. The van der Waals surface area contributed by atoms with E-state index >= 15 is 0 Å². The number of methoxy groups -OCH3 is 2. The molecule has 0 fully saturated rings. The summed E-state index contributed by atoms with van der Waals surface area (Å²) in [6, 6.07) is 7.41. The lowest BCUT2D eigenvalue weighted by atomic mass is 10.1. The molecule has 0 radical (unpaired) electrons. The van der Waals surface area contributed by atoms with Crippen molar-refractivity contribution in [1.82, 2.24) is 5.32 Å². The summed E-state index contributed by atoms with van der Waals surface area (Å²) in [4.78, 5) is 23.9. The van der Waals surface area contributed by atoms with Crippen molar-refractivity contribution in [2.75, 3.05) is 24.8 Å². The van der Waals surface area contributed by atoms with Crippen molar-refractivity contribution in [3.8, 4) is 11.5 Å². The fourth-order valence-electron chi connectivity index (χ4n) is 3.55. The van der Waals surface area contributed by atoms with Crippen molar-refractivity contribution in [2.24, 2.45) is 0 Å². The third-order valence-electron chi connectivity index (χ3n) is 5.23. The van der Waals surface area contributed by atoms with Crippen molar-refractivity contribution < 1.29 is 27.6 Å². The molecule has 0 heterocycles. The van der Waals surface area contributed by atoms with Crippen molar-refractivity contribution in [3.63, 3.8) is 0 Å². The molecule has 2 aromatic rings. The third kappa shape index (κ3) is 5.92. The first-order valence-electron chi connectivity index (χ1n) is 10.2. The number of amides is 1. The van der Waals surface area contributed by atoms with Gasteiger partial charge in [-0.3, -0.25) is 19.2 Å². The Hall–Kier alpha value is -3.34. The van der Waals surface area contributed by atoms with Gasteiger partial charge in [0.2, 0.25) is 15.9 Å². The molecule has 0 aliphatic carbocycles. The van der Waals surface area contributed by atoms with Gasteiger partial charge in [0.05, 0.1) is 37.1 Å². The Morgan fingerprint density at radius 2 is 1.85 bits per heavy atom. The molecule has 11 heteroatoms. The fraction of sp³-hybridized carbons (Fsp3) is 0.409. The van der Waals surface area contributed by atoms with E-state index in [0.29, 0.717) is 22.6 Å². The van der Waals surface area contributed by atoms with E-state index in [-0.39, 0.29) is 17.8 Å². The smallest absolute Gasteiger partial charge is 0.271 e. The van der Waals surface area contributed by atoms with Crippen LogP contribution in [0.4, 0.5) is 11.4 Å². The van der Waals surface area contributed by atoms with E-state index in [2.05, 4.69) is 5.32 Å². The number of anilines is 1. The van der Waals surface area contributed by atoms with E-state index in [4.69, 9.17) is 9.47 Å². The molecular formula is C22H29N3O7S. The summed E-state index contributed by atoms with van der Waals surface area (Å²) >= 11 is 0. The molecule has 0 saturated carbocycles. The summed E-state index contributed by atoms with van der Waals surface area (Å²) in [5.74, 6) is 0.557. The van der Waals surface area contributed by atoms with Crippen molar-refractivity contribution in [3.05, 3.63) is 57.6 Å². The third-order valence-corrected chi connectivity index (χ3v) is 6.40. The molecule has 2 rings (SSSR count). The minimum Gasteiger partial charge on any atom is -0.497 e. The molecule has 2 aromatic carbocycles. The highest BCUT2D eigenvalue weighted by atomic mass is 32.2. The Morgan fingerprint density at radius 1 is 1.18 bits per heavy atom. The summed E-state index contributed by atoms with van der Waals surface area (Å²) < 4.78 is 37.1. The number of sulfonamides is 1. The molecule has 0 bridgehead atoms. The predicted octanol–water partition coefficient (Wildman–Crippen LogP) is 3.34. The van der Waals surface area contributed by atoms with Crippen LogP contribution in [0.2, 0.25) is 0 Å². The summed E-state index contributed by atoms with van der Waals surface area (Å²) in [6.07, 6.45) is 1.11. The minimum absolute atomic E-state index is 0.0836. The molecule has 0 unspecified atom stereocenters. The lowest BCUT2D eigenvalue weighted by Crippen LogP contribution is -2.50. The number of aryl methyl sites for hydroxylation is 1. The number of rotatable bonds is 10. The van der Waals surface area contributed by atoms with E-state index < -0.39 is 32.9 Å². The zero-order chi connectivity index (χ0) is 24.9. The number of carbonyl (C=O) groups excluding carboxylic acids is 1. The van der Waals surface area contributed by atoms with Crippen LogP contribution >= 0.6 is 0 Å². The Morgan fingerprint density at radius 3 is 2.36 bits per heavy atom. The first-order valence-corrected chi connectivity index (χ1v) is 12.1. The van der Waals surface area contributed by atoms with E-state index in [0.717, 1.165) is 10.6 Å². The lowest BCUT2D eigenvalue weighted by molar-refractivity contribution is -0.384. The summed E-state index contributed by atoms with van der Waals surface area (Å²) in [6.45, 7) is 5.04. The second-order valence-corrected chi connectivity index (χ2v) is 9.41. The van der Waals surface area contributed by atoms with E-state index in [1.807, 2.05) is 0 Å². The lowest BCUT2D eigenvalue weighted by Gasteiger charge is -2.32. The standard InChI is InChI=1S/C22H29N3O7S/c1-7-19(22(26)23-15(3)18-13-17(31-4)10-11-21(18)32-5)24(33(6,29)30)20-12-16(25(27)28)9-8-14(20)2/h8-13,15,19H,7H2,1-6H3,(H,23,26)/t15-,19-/m0/s1. The first kappa shape index (κ1) is 25.9. The minimum atomic E-state index is -3.96. The van der Waals surface area contributed by atoms with Gasteiger partial charge >= 0.3 is 0 Å². The van der Waals surface area contributed by atoms with Gasteiger partial charge in [0.15, 0.2) is 0 Å². The van der Waals surface area contributed by atoms with Crippen molar-refractivity contribution >= 4 is 27.3 Å². The number of nitro groups is 1. The quantitative estimate of drug-likeness (QED) is 0.409. The number of nitro benzene ring substituents is 1. The molecule has 0 saturated heterocycles. The molecule has 1 N–H and O–H groups in total. The van der Waals surface area contributed by atoms with Crippen molar-refractivity contribution in [1.29, 1.82) is 0 Å². The van der Waals surface area contributed by atoms with Gasteiger partial charge in [-0.05, 0) is 44.0 Å². The highest BCUT2D eigenvalue weighted by molar-refractivity contribution is 7.92. The Kier molecular flexibility index (Phi) is 8.26. The average molecular weight is 480 g/mol. The van der Waals surface area contributed by atoms with Crippen LogP contribution < -0.4 is 19.1 Å². The van der Waals surface area contributed by atoms with Crippen LogP contribution in [0.5, 0.6) is 11.5 Å². The second-order valence-electron chi connectivity index (χ2n) is 7.55. The van der Waals surface area contributed by atoms with Gasteiger partial charge in [0, 0.05) is 17.7 Å². The van der Waals surface area contributed by atoms with Gasteiger partial charge in [-0.2, -0.15) is 0 Å². The zero-order valence-corrected chi connectivity index (χ0v) is 20.3. The highest BCUT2D eigenvalue weighted by Gasteiger charge is 2.34. The van der Waals surface area contributed by atoms with Gasteiger partial charge in [-0.1, -0.05) is 13.0 Å². The molecule has 33 heavy (non-hydrogen) atoms. The maximum Gasteiger partial charge on any atom is 0.271 e. The monoisotopic (exact) mass is 479 g/mol. The zero-order valence-electron chi connectivity index (χ0n) is 19.5. The van der Waals surface area contributed by atoms with Crippen LogP contribution in [0.1, 0.15) is 37.4 Å². The van der Waals surface area contributed by atoms with Gasteiger partial charge < -0.3 is 14.8 Å². The molecule has 2 atom stereocenters. The first-order chi connectivity index (χ1) is 15.4. The summed E-state index contributed by atoms with van der Waals surface area (Å²) in [5.41, 5.74) is 0.951. The van der Waals surface area contributed by atoms with Crippen LogP contribution in [0.15, 0.2) is 36.4 Å². The maximum absolute atomic E-state index is 13.3. The van der Waals surface area contributed by atoms with Crippen LogP contribution in [-0.4, -0.2) is 45.8 Å². The average Bonchev–Trinajstić information content (AvgIpc) is 2.76. The second kappa shape index (κ2) is 10.5. The number of benzene rings is 2. The Balaban J connectivity index is 2.47. The topological polar surface area (TPSA) is 128 Å². The van der Waals surface area contributed by atoms with Crippen molar-refractivity contribution in [2.45, 2.75) is 39.3 Å². The largest absolute Gasteiger partial charge is 0.497 e. The van der Waals surface area contributed by atoms with E-state index in [1.165, 1.54) is 32.4 Å². The number of non-ortho nitro benzene ring substituents is 1. The maximum atomic E-state index is 13.3. The SMILES string of the molecule is CC[C@@H](C(=O)N[C@@H](C)c1cc(OC)ccc1OC)N(c1cc([N+](=O)[O-])ccc1C)S(C)(=O)=O. The molecule has 0 aromatic heterocycles. The van der Waals surface area contributed by atoms with Gasteiger partial charge in [0.25, 0.3) is 5.69 Å². The number of carbonyl (C=O) groups is 1. The molecule has 0 aliphatic heterocycles. The molecule has 10 nitrogen and oxygen atoms in total. The predicted molar refractivity (Wildman–Crippen MR) is 125 cm³/mol. The van der Waals surface area contributed by atoms with E-state index in [9.17, 15) is 23.3 Å². The molecule has 180 valence electrons. The molecule has 0 aliphatic rings. The normalized spacial score (nSPS) is 13.0. The number of hydrogen-bond acceptors (Lipinski definition) is 7. The number of nitrogens with zero attached hydrogens (tertiary/aromatic N) is 2. The van der Waals surface area contributed by atoms with Crippen LogP contribution in [0, 0.1) is 17.0 Å². The highest BCUT2D eigenvalue weighted by Crippen LogP contribution is 2.32. The number of hydrogen-bond donors (Lipinski definition) is 1. The summed E-state index contributed by atoms with van der Waals surface area (Å²) in [5, 5.41) is 14.1. The van der Waals surface area contributed by atoms with Crippen LogP contribution in [0.25, 0.3) is 0 Å². The molecular weight excluding hydrogens is 450 g/mol. The Labute approximate surface area is 193 Å². The molecule has 0 spiro atoms. The van der Waals surface area contributed by atoms with Gasteiger partial charge in [-0.25, -0.2) is 8.42 Å². The van der Waals surface area contributed by atoms with Gasteiger partial charge in [0.1, 0.15) is 17.5 Å². The van der Waals surface area contributed by atoms with Gasteiger partial charge in [-0.15, -0.1) is 0 Å². The fourth-order valence-corrected chi connectivity index (χ4v) is 4.81. The van der Waals surface area contributed by atoms with Crippen LogP contribution in [-0.2, 0) is 14.8 Å². The Bertz CT molecular complexity index is 1130. The number of ether oxygens (including phenoxy) is 2. The van der Waals surface area contributed by atoms with E-state index in [1.54, 1.807) is 39.0 Å². The molecule has 1 amide bonds.